The van der Waals surface area contributed by atoms with Gasteiger partial charge in [0.05, 0.1) is 0 Å². The first-order chi connectivity index (χ1) is 22.8. The number of hydrogen-bond donors (Lipinski definition) is 2. The Balaban J connectivity index is 1.37. The molecule has 228 valence electrons. The van der Waals surface area contributed by atoms with E-state index < -0.39 is 11.8 Å². The Labute approximate surface area is 274 Å². The second-order valence-electron chi connectivity index (χ2n) is 10.8. The predicted octanol–water partition coefficient (Wildman–Crippen LogP) is 8.86. The predicted molar refractivity (Wildman–Crippen MR) is 188 cm³/mol. The minimum absolute atomic E-state index is 0.00818. The molecule has 0 fully saturated rings. The van der Waals surface area contributed by atoms with Crippen molar-refractivity contribution < 1.29 is 9.59 Å². The van der Waals surface area contributed by atoms with Crippen molar-refractivity contribution in [2.75, 3.05) is 15.5 Å². The summed E-state index contributed by atoms with van der Waals surface area (Å²) in [6.07, 6.45) is 3.12. The molecular weight excluding hydrogens is 582 g/mol. The highest BCUT2D eigenvalue weighted by Crippen LogP contribution is 2.35. The van der Waals surface area contributed by atoms with Crippen LogP contribution in [0.3, 0.4) is 0 Å². The summed E-state index contributed by atoms with van der Waals surface area (Å²) in [6, 6.07) is 43.7. The van der Waals surface area contributed by atoms with Crippen molar-refractivity contribution in [1.29, 1.82) is 10.5 Å². The number of para-hydroxylation sites is 1. The Bertz CT molecular complexity index is 1880. The third-order valence-corrected chi connectivity index (χ3v) is 7.29. The van der Waals surface area contributed by atoms with Gasteiger partial charge in [-0.2, -0.15) is 10.5 Å². The number of carbonyl (C=O) groups is 2. The van der Waals surface area contributed by atoms with Crippen LogP contribution in [0.15, 0.2) is 139 Å². The molecule has 5 rings (SSSR count). The van der Waals surface area contributed by atoms with Crippen LogP contribution in [-0.4, -0.2) is 11.8 Å². The summed E-state index contributed by atoms with van der Waals surface area (Å²) in [5.74, 6) is -0.958. The van der Waals surface area contributed by atoms with E-state index in [4.69, 9.17) is 0 Å². The van der Waals surface area contributed by atoms with E-state index in [-0.39, 0.29) is 11.1 Å². The summed E-state index contributed by atoms with van der Waals surface area (Å²) in [5, 5.41) is 24.9. The van der Waals surface area contributed by atoms with Gasteiger partial charge in [0.15, 0.2) is 0 Å². The zero-order valence-corrected chi connectivity index (χ0v) is 25.9. The number of carbonyl (C=O) groups excluding carboxylic acids is 2. The van der Waals surface area contributed by atoms with E-state index in [1.54, 1.807) is 36.4 Å². The van der Waals surface area contributed by atoms with Crippen molar-refractivity contribution in [3.05, 3.63) is 161 Å². The van der Waals surface area contributed by atoms with Crippen LogP contribution in [0.4, 0.5) is 28.4 Å². The summed E-state index contributed by atoms with van der Waals surface area (Å²) in [7, 11) is 0. The molecule has 0 saturated carbocycles. The van der Waals surface area contributed by atoms with Gasteiger partial charge in [-0.05, 0) is 97.8 Å². The highest BCUT2D eigenvalue weighted by molar-refractivity contribution is 6.10. The second kappa shape index (κ2) is 14.9. The van der Waals surface area contributed by atoms with Crippen molar-refractivity contribution in [1.82, 2.24) is 0 Å². The minimum atomic E-state index is -0.479. The van der Waals surface area contributed by atoms with Crippen molar-refractivity contribution in [3.63, 3.8) is 0 Å². The Morgan fingerprint density at radius 3 is 1.26 bits per heavy atom. The zero-order chi connectivity index (χ0) is 33.2. The summed E-state index contributed by atoms with van der Waals surface area (Å²) in [5.41, 5.74) is 7.40. The summed E-state index contributed by atoms with van der Waals surface area (Å²) in [4.78, 5) is 27.6. The highest BCUT2D eigenvalue weighted by Gasteiger charge is 2.14. The van der Waals surface area contributed by atoms with Gasteiger partial charge in [0.25, 0.3) is 11.8 Å². The smallest absolute Gasteiger partial charge is 0.266 e. The molecule has 0 aliphatic heterocycles. The van der Waals surface area contributed by atoms with Gasteiger partial charge in [0, 0.05) is 28.4 Å². The van der Waals surface area contributed by atoms with Gasteiger partial charge < -0.3 is 15.5 Å². The van der Waals surface area contributed by atoms with Crippen LogP contribution in [0, 0.1) is 36.5 Å². The normalized spacial score (nSPS) is 11.1. The Kier molecular flexibility index (Phi) is 10.0. The monoisotopic (exact) mass is 613 g/mol. The summed E-state index contributed by atoms with van der Waals surface area (Å²) in [6.45, 7) is 3.92. The number of hydrogen-bond acceptors (Lipinski definition) is 5. The van der Waals surface area contributed by atoms with Gasteiger partial charge in [0.2, 0.25) is 0 Å². The third kappa shape index (κ3) is 8.27. The molecule has 0 unspecified atom stereocenters. The lowest BCUT2D eigenvalue weighted by molar-refractivity contribution is -0.113. The van der Waals surface area contributed by atoms with Crippen LogP contribution in [0.5, 0.6) is 0 Å². The fraction of sp³-hybridized carbons (Fsp3) is 0.0500. The molecule has 7 nitrogen and oxygen atoms in total. The first kappa shape index (κ1) is 31.7. The maximum atomic E-state index is 12.8. The lowest BCUT2D eigenvalue weighted by Gasteiger charge is -2.25. The molecule has 0 heterocycles. The summed E-state index contributed by atoms with van der Waals surface area (Å²) < 4.78 is 0. The molecule has 5 aromatic carbocycles. The lowest BCUT2D eigenvalue weighted by Crippen LogP contribution is -2.13. The van der Waals surface area contributed by atoms with Gasteiger partial charge >= 0.3 is 0 Å². The molecule has 0 atom stereocenters. The Hall–Kier alpha value is -6.70. The molecule has 0 aliphatic rings. The number of rotatable bonds is 9. The SMILES string of the molecule is Cc1ccc(NC(=O)C(C#N)=Cc2ccc(N(c3ccccc3)c3ccc(C=C(C#N)C(=O)Nc4ccc(C)cc4)cc3)cc2)cc1. The van der Waals surface area contributed by atoms with E-state index in [0.29, 0.717) is 22.5 Å². The molecule has 47 heavy (non-hydrogen) atoms. The molecule has 2 amide bonds. The number of anilines is 5. The van der Waals surface area contributed by atoms with E-state index >= 15 is 0 Å². The molecule has 7 heteroatoms. The molecule has 0 radical (unpaired) electrons. The molecule has 2 N–H and O–H groups in total. The first-order valence-corrected chi connectivity index (χ1v) is 14.9. The number of nitriles is 2. The minimum Gasteiger partial charge on any atom is -0.321 e. The number of amides is 2. The van der Waals surface area contributed by atoms with Gasteiger partial charge in [-0.15, -0.1) is 0 Å². The van der Waals surface area contributed by atoms with Crippen molar-refractivity contribution >= 4 is 52.4 Å². The van der Waals surface area contributed by atoms with Crippen molar-refractivity contribution in [3.8, 4) is 12.1 Å². The van der Waals surface area contributed by atoms with Crippen LogP contribution in [-0.2, 0) is 9.59 Å². The van der Waals surface area contributed by atoms with Crippen molar-refractivity contribution in [2.45, 2.75) is 13.8 Å². The zero-order valence-electron chi connectivity index (χ0n) is 25.9. The van der Waals surface area contributed by atoms with Gasteiger partial charge in [-0.1, -0.05) is 77.9 Å². The standard InChI is InChI=1S/C40H31N5O2/c1-28-8-16-34(17-9-28)43-39(46)32(26-41)24-30-12-20-37(21-13-30)45(36-6-4-3-5-7-36)38-22-14-31(15-23-38)25-33(27-42)40(47)44-35-18-10-29(2)11-19-35/h3-25H,1-2H3,(H,43,46)(H,44,47). The number of nitrogens with one attached hydrogen (secondary N) is 2. The summed E-state index contributed by atoms with van der Waals surface area (Å²) >= 11 is 0. The average molecular weight is 614 g/mol. The van der Waals surface area contributed by atoms with E-state index in [9.17, 15) is 20.1 Å². The Morgan fingerprint density at radius 2 is 0.894 bits per heavy atom. The maximum absolute atomic E-state index is 12.8. The highest BCUT2D eigenvalue weighted by atomic mass is 16.2. The van der Waals surface area contributed by atoms with Crippen LogP contribution in [0.2, 0.25) is 0 Å². The molecular formula is C40H31N5O2. The number of benzene rings is 5. The van der Waals surface area contributed by atoms with Crippen LogP contribution < -0.4 is 15.5 Å². The molecule has 0 saturated heterocycles. The second-order valence-corrected chi connectivity index (χ2v) is 10.8. The number of aryl methyl sites for hydroxylation is 2. The third-order valence-electron chi connectivity index (χ3n) is 7.29. The molecule has 0 bridgehead atoms. The van der Waals surface area contributed by atoms with Crippen LogP contribution in [0.1, 0.15) is 22.3 Å². The van der Waals surface area contributed by atoms with Crippen LogP contribution >= 0.6 is 0 Å². The fourth-order valence-corrected chi connectivity index (χ4v) is 4.76. The topological polar surface area (TPSA) is 109 Å². The fourth-order valence-electron chi connectivity index (χ4n) is 4.76. The lowest BCUT2D eigenvalue weighted by atomic mass is 10.1. The molecule has 0 aliphatic carbocycles. The largest absolute Gasteiger partial charge is 0.321 e. The Morgan fingerprint density at radius 1 is 0.532 bits per heavy atom. The van der Waals surface area contributed by atoms with E-state index in [2.05, 4.69) is 15.5 Å². The van der Waals surface area contributed by atoms with E-state index in [0.717, 1.165) is 28.2 Å². The van der Waals surface area contributed by atoms with Gasteiger partial charge in [0.1, 0.15) is 23.3 Å². The average Bonchev–Trinajstić information content (AvgIpc) is 3.10. The van der Waals surface area contributed by atoms with Crippen LogP contribution in [0.25, 0.3) is 12.2 Å². The molecule has 5 aromatic rings. The quantitative estimate of drug-likeness (QED) is 0.127. The van der Waals surface area contributed by atoms with Gasteiger partial charge in [-0.25, -0.2) is 0 Å². The number of nitrogens with zero attached hydrogens (tertiary/aromatic N) is 3. The maximum Gasteiger partial charge on any atom is 0.266 e. The van der Waals surface area contributed by atoms with E-state index in [1.165, 1.54) is 0 Å². The molecule has 0 aromatic heterocycles. The molecule has 0 spiro atoms. The first-order valence-electron chi connectivity index (χ1n) is 14.9. The van der Waals surface area contributed by atoms with Gasteiger partial charge in [-0.3, -0.25) is 9.59 Å². The van der Waals surface area contributed by atoms with E-state index in [1.807, 2.05) is 129 Å². The van der Waals surface area contributed by atoms with Crippen molar-refractivity contribution in [2.24, 2.45) is 0 Å².